The predicted molar refractivity (Wildman–Crippen MR) is 135 cm³/mol. The van der Waals surface area contributed by atoms with E-state index in [-0.39, 0.29) is 10.6 Å². The Morgan fingerprint density at radius 1 is 1.03 bits per heavy atom. The highest BCUT2D eigenvalue weighted by atomic mass is 16.6. The molecule has 1 aliphatic rings. The zero-order valence-electron chi connectivity index (χ0n) is 19.4. The first-order valence-corrected chi connectivity index (χ1v) is 11.6. The van der Waals surface area contributed by atoms with E-state index >= 15 is 0 Å². The molecular formula is C29H25NO5. The molecule has 0 spiro atoms. The van der Waals surface area contributed by atoms with Gasteiger partial charge < -0.3 is 13.9 Å². The molecule has 35 heavy (non-hydrogen) atoms. The summed E-state index contributed by atoms with van der Waals surface area (Å²) in [5.41, 5.74) is 5.56. The second-order valence-electron chi connectivity index (χ2n) is 8.58. The van der Waals surface area contributed by atoms with Crippen LogP contribution >= 0.6 is 0 Å². The molecule has 176 valence electrons. The summed E-state index contributed by atoms with van der Waals surface area (Å²) < 4.78 is 17.7. The van der Waals surface area contributed by atoms with Crippen LogP contribution in [0, 0.1) is 17.0 Å². The Hall–Kier alpha value is -4.32. The van der Waals surface area contributed by atoms with E-state index in [2.05, 4.69) is 0 Å². The van der Waals surface area contributed by atoms with Crippen LogP contribution in [0.25, 0.3) is 12.2 Å². The minimum absolute atomic E-state index is 0.191. The molecule has 0 saturated heterocycles. The van der Waals surface area contributed by atoms with Gasteiger partial charge in [0, 0.05) is 28.3 Å². The Morgan fingerprint density at radius 2 is 1.86 bits per heavy atom. The molecule has 0 atom stereocenters. The van der Waals surface area contributed by atoms with E-state index in [4.69, 9.17) is 13.9 Å². The van der Waals surface area contributed by atoms with E-state index in [1.807, 2.05) is 73.7 Å². The number of furan rings is 1. The van der Waals surface area contributed by atoms with E-state index < -0.39 is 0 Å². The van der Waals surface area contributed by atoms with Crippen molar-refractivity contribution in [2.75, 3.05) is 0 Å². The van der Waals surface area contributed by atoms with Gasteiger partial charge in [-0.05, 0) is 61.6 Å². The quantitative estimate of drug-likeness (QED) is 0.198. The molecule has 6 heteroatoms. The van der Waals surface area contributed by atoms with Crippen LogP contribution in [0.15, 0.2) is 77.6 Å². The molecule has 0 radical (unpaired) electrons. The minimum Gasteiger partial charge on any atom is -0.488 e. The summed E-state index contributed by atoms with van der Waals surface area (Å²) in [7, 11) is 0. The van der Waals surface area contributed by atoms with Gasteiger partial charge in [-0.3, -0.25) is 10.1 Å². The van der Waals surface area contributed by atoms with Crippen LogP contribution in [0.5, 0.6) is 17.2 Å². The maximum absolute atomic E-state index is 11.5. The van der Waals surface area contributed by atoms with Crippen molar-refractivity contribution in [1.82, 2.24) is 0 Å². The Balaban J connectivity index is 1.47. The molecule has 4 aromatic rings. The molecule has 0 saturated carbocycles. The van der Waals surface area contributed by atoms with Gasteiger partial charge in [0.2, 0.25) is 0 Å². The number of hydrogen-bond acceptors (Lipinski definition) is 5. The van der Waals surface area contributed by atoms with Crippen LogP contribution < -0.4 is 9.47 Å². The van der Waals surface area contributed by atoms with Crippen molar-refractivity contribution in [3.05, 3.63) is 117 Å². The number of fused-ring (bicyclic) bond motifs is 1. The zero-order chi connectivity index (χ0) is 24.2. The maximum atomic E-state index is 11.5. The molecule has 0 bridgehead atoms. The minimum atomic E-state index is -0.293. The number of nitro benzene ring substituents is 1. The molecule has 0 amide bonds. The van der Waals surface area contributed by atoms with Gasteiger partial charge in [-0.1, -0.05) is 42.5 Å². The van der Waals surface area contributed by atoms with E-state index in [1.54, 1.807) is 18.6 Å². The topological polar surface area (TPSA) is 74.7 Å². The van der Waals surface area contributed by atoms with E-state index in [0.717, 1.165) is 52.0 Å². The van der Waals surface area contributed by atoms with Crippen molar-refractivity contribution in [3.63, 3.8) is 0 Å². The zero-order valence-corrected chi connectivity index (χ0v) is 19.4. The summed E-state index contributed by atoms with van der Waals surface area (Å²) in [4.78, 5) is 11.2. The van der Waals surface area contributed by atoms with Crippen LogP contribution in [-0.2, 0) is 19.4 Å². The number of hydrogen-bond donors (Lipinski definition) is 0. The lowest BCUT2D eigenvalue weighted by Crippen LogP contribution is -2.01. The molecule has 0 aliphatic heterocycles. The van der Waals surface area contributed by atoms with Crippen LogP contribution in [0.1, 0.15) is 39.8 Å². The van der Waals surface area contributed by atoms with Crippen molar-refractivity contribution in [2.24, 2.45) is 0 Å². The normalized spacial score (nSPS) is 12.6. The molecular weight excluding hydrogens is 442 g/mol. The van der Waals surface area contributed by atoms with Gasteiger partial charge >= 0.3 is 0 Å². The molecule has 0 unspecified atom stereocenters. The Kier molecular flexibility index (Phi) is 6.35. The lowest BCUT2D eigenvalue weighted by molar-refractivity contribution is -0.385. The molecule has 6 nitrogen and oxygen atoms in total. The molecule has 5 rings (SSSR count). The molecule has 1 aliphatic carbocycles. The van der Waals surface area contributed by atoms with Gasteiger partial charge in [-0.15, -0.1) is 0 Å². The SMILES string of the molecule is Cc1cc([N+](=O)[O-])c2c(c1Oc1ccc(OCc3ccccc3)c(/C=C/c3ccoc3)c1)CCC2. The number of rotatable bonds is 8. The lowest BCUT2D eigenvalue weighted by atomic mass is 10.0. The summed E-state index contributed by atoms with van der Waals surface area (Å²) in [6, 6.07) is 19.2. The summed E-state index contributed by atoms with van der Waals surface area (Å²) in [5, 5.41) is 11.5. The van der Waals surface area contributed by atoms with Gasteiger partial charge in [0.05, 0.1) is 17.4 Å². The molecule has 0 fully saturated rings. The maximum Gasteiger partial charge on any atom is 0.273 e. The number of benzene rings is 3. The van der Waals surface area contributed by atoms with Gasteiger partial charge in [0.1, 0.15) is 23.9 Å². The number of aryl methyl sites for hydroxylation is 1. The lowest BCUT2D eigenvalue weighted by Gasteiger charge is -2.16. The highest BCUT2D eigenvalue weighted by molar-refractivity contribution is 5.73. The number of nitro groups is 1. The number of nitrogens with zero attached hydrogens (tertiary/aromatic N) is 1. The predicted octanol–water partition coefficient (Wildman–Crippen LogP) is 7.53. The van der Waals surface area contributed by atoms with Crippen LogP contribution in [0.3, 0.4) is 0 Å². The van der Waals surface area contributed by atoms with E-state index in [9.17, 15) is 10.1 Å². The summed E-state index contributed by atoms with van der Waals surface area (Å²) in [5.74, 6) is 2.09. The molecule has 0 N–H and O–H groups in total. The fourth-order valence-electron chi connectivity index (χ4n) is 4.44. The monoisotopic (exact) mass is 467 g/mol. The molecule has 3 aromatic carbocycles. The average Bonchev–Trinajstić information content (AvgIpc) is 3.56. The Labute approximate surface area is 203 Å². The standard InChI is InChI=1S/C29H25NO5/c1-20-16-27(30(31)32)25-8-5-9-26(25)29(20)35-24-12-13-28(34-19-21-6-3-2-4-7-21)23(17-24)11-10-22-14-15-33-18-22/h2-4,6-7,10-18H,5,8-9,19H2,1H3/b11-10+. The first-order chi connectivity index (χ1) is 17.1. The third kappa shape index (κ3) is 4.96. The highest BCUT2D eigenvalue weighted by Gasteiger charge is 2.27. The summed E-state index contributed by atoms with van der Waals surface area (Å²) in [6.45, 7) is 2.31. The van der Waals surface area contributed by atoms with Crippen molar-refractivity contribution in [1.29, 1.82) is 0 Å². The largest absolute Gasteiger partial charge is 0.488 e. The van der Waals surface area contributed by atoms with Gasteiger partial charge in [0.15, 0.2) is 0 Å². The van der Waals surface area contributed by atoms with Gasteiger partial charge in [-0.2, -0.15) is 0 Å². The van der Waals surface area contributed by atoms with Crippen LogP contribution in [-0.4, -0.2) is 4.92 Å². The van der Waals surface area contributed by atoms with Crippen molar-refractivity contribution in [2.45, 2.75) is 32.8 Å². The van der Waals surface area contributed by atoms with E-state index in [1.165, 1.54) is 0 Å². The molecule has 1 aromatic heterocycles. The van der Waals surface area contributed by atoms with E-state index in [0.29, 0.717) is 24.5 Å². The summed E-state index contributed by atoms with van der Waals surface area (Å²) >= 11 is 0. The van der Waals surface area contributed by atoms with Crippen molar-refractivity contribution >= 4 is 17.8 Å². The van der Waals surface area contributed by atoms with Crippen LogP contribution in [0.2, 0.25) is 0 Å². The first-order valence-electron chi connectivity index (χ1n) is 11.6. The number of ether oxygens (including phenoxy) is 2. The smallest absolute Gasteiger partial charge is 0.273 e. The average molecular weight is 468 g/mol. The first kappa shape index (κ1) is 22.5. The highest BCUT2D eigenvalue weighted by Crippen LogP contribution is 2.42. The summed E-state index contributed by atoms with van der Waals surface area (Å²) in [6.07, 6.45) is 9.58. The third-order valence-corrected chi connectivity index (χ3v) is 6.15. The van der Waals surface area contributed by atoms with Crippen molar-refractivity contribution in [3.8, 4) is 17.2 Å². The Bertz CT molecular complexity index is 1370. The van der Waals surface area contributed by atoms with Crippen LogP contribution in [0.4, 0.5) is 5.69 Å². The van der Waals surface area contributed by atoms with Gasteiger partial charge in [0.25, 0.3) is 5.69 Å². The fourth-order valence-corrected chi connectivity index (χ4v) is 4.44. The third-order valence-electron chi connectivity index (χ3n) is 6.15. The second kappa shape index (κ2) is 9.89. The Morgan fingerprint density at radius 3 is 2.63 bits per heavy atom. The molecule has 1 heterocycles. The fraction of sp³-hybridized carbons (Fsp3) is 0.172. The van der Waals surface area contributed by atoms with Crippen molar-refractivity contribution < 1.29 is 18.8 Å². The van der Waals surface area contributed by atoms with Gasteiger partial charge in [-0.25, -0.2) is 0 Å². The second-order valence-corrected chi connectivity index (χ2v) is 8.58.